The van der Waals surface area contributed by atoms with E-state index in [1.54, 1.807) is 0 Å². The number of aliphatic hydroxyl groups is 1. The Kier molecular flexibility index (Phi) is 3.95. The maximum absolute atomic E-state index is 13.3. The van der Waals surface area contributed by atoms with Gasteiger partial charge in [0, 0.05) is 19.8 Å². The van der Waals surface area contributed by atoms with Gasteiger partial charge in [0.05, 0.1) is 6.10 Å². The number of aromatic nitrogens is 1. The standard InChI is InChI=1S/C9H13FN2O3S/c1-7(13)6-12(2)16(14,15)9-8(10)4-3-5-11-9/h3-5,7,13H,6H2,1-2H3. The predicted octanol–water partition coefficient (Wildman–Crippen LogP) is 0.222. The first kappa shape index (κ1) is 13.0. The smallest absolute Gasteiger partial charge is 0.263 e. The number of likely N-dealkylation sites (N-methyl/N-ethyl adjacent to an activating group) is 1. The molecule has 1 unspecified atom stereocenters. The van der Waals surface area contributed by atoms with Crippen LogP contribution in [0.15, 0.2) is 23.4 Å². The number of hydrogen-bond donors (Lipinski definition) is 1. The third-order valence-electron chi connectivity index (χ3n) is 1.90. The molecule has 1 aromatic rings. The molecule has 0 saturated heterocycles. The monoisotopic (exact) mass is 248 g/mol. The first-order chi connectivity index (χ1) is 7.35. The van der Waals surface area contributed by atoms with Gasteiger partial charge < -0.3 is 5.11 Å². The van der Waals surface area contributed by atoms with E-state index in [-0.39, 0.29) is 6.54 Å². The van der Waals surface area contributed by atoms with Gasteiger partial charge in [0.25, 0.3) is 10.0 Å². The molecule has 1 aromatic heterocycles. The fraction of sp³-hybridized carbons (Fsp3) is 0.444. The second-order valence-corrected chi connectivity index (χ2v) is 5.39. The lowest BCUT2D eigenvalue weighted by Gasteiger charge is -2.17. The molecule has 0 radical (unpaired) electrons. The minimum atomic E-state index is -3.98. The number of hydrogen-bond acceptors (Lipinski definition) is 4. The molecule has 1 N–H and O–H groups in total. The third kappa shape index (κ3) is 2.75. The zero-order valence-corrected chi connectivity index (χ0v) is 9.78. The molecule has 0 bridgehead atoms. The number of sulfonamides is 1. The van der Waals surface area contributed by atoms with Gasteiger partial charge in [0.15, 0.2) is 5.82 Å². The van der Waals surface area contributed by atoms with Gasteiger partial charge in [-0.05, 0) is 19.1 Å². The molecule has 0 saturated carbocycles. The minimum absolute atomic E-state index is 0.113. The molecule has 0 aliphatic rings. The Morgan fingerprint density at radius 3 is 2.75 bits per heavy atom. The van der Waals surface area contributed by atoms with E-state index in [4.69, 9.17) is 5.11 Å². The van der Waals surface area contributed by atoms with Crippen LogP contribution in [0.2, 0.25) is 0 Å². The molecule has 1 heterocycles. The molecule has 0 fully saturated rings. The van der Waals surface area contributed by atoms with E-state index in [0.717, 1.165) is 10.4 Å². The summed E-state index contributed by atoms with van der Waals surface area (Å²) in [6.07, 6.45) is 0.373. The molecular formula is C9H13FN2O3S. The fourth-order valence-corrected chi connectivity index (χ4v) is 2.39. The van der Waals surface area contributed by atoms with Crippen LogP contribution in [0.4, 0.5) is 4.39 Å². The van der Waals surface area contributed by atoms with E-state index in [1.165, 1.54) is 26.2 Å². The minimum Gasteiger partial charge on any atom is -0.392 e. The van der Waals surface area contributed by atoms with Gasteiger partial charge in [-0.2, -0.15) is 4.31 Å². The molecule has 0 aromatic carbocycles. The van der Waals surface area contributed by atoms with E-state index in [0.29, 0.717) is 0 Å². The summed E-state index contributed by atoms with van der Waals surface area (Å²) in [7, 11) is -2.72. The molecule has 0 aliphatic carbocycles. The van der Waals surface area contributed by atoms with Gasteiger partial charge in [0.2, 0.25) is 5.03 Å². The molecule has 16 heavy (non-hydrogen) atoms. The highest BCUT2D eigenvalue weighted by molar-refractivity contribution is 7.89. The van der Waals surface area contributed by atoms with Crippen LogP contribution in [0.3, 0.4) is 0 Å². The van der Waals surface area contributed by atoms with E-state index in [9.17, 15) is 12.8 Å². The average Bonchev–Trinajstić information content (AvgIpc) is 2.16. The Hall–Kier alpha value is -1.05. The van der Waals surface area contributed by atoms with E-state index in [1.807, 2.05) is 0 Å². The van der Waals surface area contributed by atoms with Gasteiger partial charge in [-0.25, -0.2) is 17.8 Å². The second-order valence-electron chi connectivity index (χ2n) is 3.42. The Bertz CT molecular complexity index is 462. The van der Waals surface area contributed by atoms with Crippen molar-refractivity contribution in [2.24, 2.45) is 0 Å². The van der Waals surface area contributed by atoms with Crippen molar-refractivity contribution in [3.05, 3.63) is 24.1 Å². The number of rotatable bonds is 4. The highest BCUT2D eigenvalue weighted by Gasteiger charge is 2.26. The Balaban J connectivity index is 3.08. The van der Waals surface area contributed by atoms with Gasteiger partial charge in [-0.1, -0.05) is 0 Å². The summed E-state index contributed by atoms with van der Waals surface area (Å²) in [6, 6.07) is 2.33. The van der Waals surface area contributed by atoms with Crippen molar-refractivity contribution < 1.29 is 17.9 Å². The lowest BCUT2D eigenvalue weighted by Crippen LogP contribution is -2.34. The Labute approximate surface area is 93.6 Å². The number of aliphatic hydroxyl groups excluding tert-OH is 1. The summed E-state index contributed by atoms with van der Waals surface area (Å²) in [5, 5.41) is 8.46. The molecule has 0 amide bonds. The Morgan fingerprint density at radius 1 is 1.62 bits per heavy atom. The Morgan fingerprint density at radius 2 is 2.25 bits per heavy atom. The van der Waals surface area contributed by atoms with Crippen LogP contribution in [0, 0.1) is 5.82 Å². The van der Waals surface area contributed by atoms with Crippen molar-refractivity contribution in [2.75, 3.05) is 13.6 Å². The van der Waals surface area contributed by atoms with Crippen LogP contribution >= 0.6 is 0 Å². The summed E-state index contributed by atoms with van der Waals surface area (Å²) < 4.78 is 37.7. The van der Waals surface area contributed by atoms with E-state index >= 15 is 0 Å². The second kappa shape index (κ2) is 4.86. The largest absolute Gasteiger partial charge is 0.392 e. The van der Waals surface area contributed by atoms with Gasteiger partial charge in [-0.3, -0.25) is 0 Å². The summed E-state index contributed by atoms with van der Waals surface area (Å²) in [5.41, 5.74) is 0. The molecule has 90 valence electrons. The van der Waals surface area contributed by atoms with Crippen LogP contribution in [0.1, 0.15) is 6.92 Å². The molecule has 0 spiro atoms. The van der Waals surface area contributed by atoms with E-state index < -0.39 is 27.0 Å². The van der Waals surface area contributed by atoms with Crippen molar-refractivity contribution in [1.82, 2.24) is 9.29 Å². The number of halogens is 1. The van der Waals surface area contributed by atoms with Crippen LogP contribution in [-0.4, -0.2) is 42.5 Å². The van der Waals surface area contributed by atoms with Crippen LogP contribution in [-0.2, 0) is 10.0 Å². The summed E-state index contributed by atoms with van der Waals surface area (Å²) in [4.78, 5) is 3.49. The number of pyridine rings is 1. The molecule has 0 aliphatic heterocycles. The topological polar surface area (TPSA) is 70.5 Å². The first-order valence-corrected chi connectivity index (χ1v) is 6.04. The van der Waals surface area contributed by atoms with Crippen molar-refractivity contribution in [2.45, 2.75) is 18.1 Å². The summed E-state index contributed by atoms with van der Waals surface area (Å²) in [6.45, 7) is 1.33. The normalized spacial score (nSPS) is 14.1. The van der Waals surface area contributed by atoms with Crippen molar-refractivity contribution in [1.29, 1.82) is 0 Å². The van der Waals surface area contributed by atoms with Gasteiger partial charge >= 0.3 is 0 Å². The highest BCUT2D eigenvalue weighted by Crippen LogP contribution is 2.14. The maximum Gasteiger partial charge on any atom is 0.263 e. The van der Waals surface area contributed by atoms with Gasteiger partial charge in [-0.15, -0.1) is 0 Å². The molecule has 7 heteroatoms. The lowest BCUT2D eigenvalue weighted by molar-refractivity contribution is 0.171. The summed E-state index contributed by atoms with van der Waals surface area (Å²) >= 11 is 0. The molecule has 1 rings (SSSR count). The highest BCUT2D eigenvalue weighted by atomic mass is 32.2. The van der Waals surface area contributed by atoms with Crippen molar-refractivity contribution in [3.8, 4) is 0 Å². The predicted molar refractivity (Wildman–Crippen MR) is 55.7 cm³/mol. The van der Waals surface area contributed by atoms with Gasteiger partial charge in [0.1, 0.15) is 0 Å². The zero-order chi connectivity index (χ0) is 12.3. The van der Waals surface area contributed by atoms with E-state index in [2.05, 4.69) is 4.98 Å². The van der Waals surface area contributed by atoms with Crippen LogP contribution in [0.5, 0.6) is 0 Å². The first-order valence-electron chi connectivity index (χ1n) is 4.60. The van der Waals surface area contributed by atoms with Crippen LogP contribution in [0.25, 0.3) is 0 Å². The van der Waals surface area contributed by atoms with Crippen LogP contribution < -0.4 is 0 Å². The fourth-order valence-electron chi connectivity index (χ4n) is 1.18. The molecule has 5 nitrogen and oxygen atoms in total. The SMILES string of the molecule is CC(O)CN(C)S(=O)(=O)c1ncccc1F. The summed E-state index contributed by atoms with van der Waals surface area (Å²) in [5.74, 6) is -0.903. The molecule has 1 atom stereocenters. The lowest BCUT2D eigenvalue weighted by atomic mass is 10.4. The van der Waals surface area contributed by atoms with Crippen molar-refractivity contribution in [3.63, 3.8) is 0 Å². The maximum atomic E-state index is 13.3. The average molecular weight is 248 g/mol. The zero-order valence-electron chi connectivity index (χ0n) is 8.96. The number of nitrogens with zero attached hydrogens (tertiary/aromatic N) is 2. The van der Waals surface area contributed by atoms with Crippen molar-refractivity contribution >= 4 is 10.0 Å². The quantitative estimate of drug-likeness (QED) is 0.827. The molecular weight excluding hydrogens is 235 g/mol. The third-order valence-corrected chi connectivity index (χ3v) is 3.66.